The number of aromatic nitrogens is 1. The van der Waals surface area contributed by atoms with Crippen LogP contribution in [-0.4, -0.2) is 4.57 Å². The van der Waals surface area contributed by atoms with E-state index >= 15 is 0 Å². The molecule has 2 aliphatic carbocycles. The van der Waals surface area contributed by atoms with Crippen LogP contribution in [0, 0.1) is 5.92 Å². The molecule has 8 aromatic rings. The summed E-state index contributed by atoms with van der Waals surface area (Å²) < 4.78 is 2.53. The summed E-state index contributed by atoms with van der Waals surface area (Å²) in [5, 5.41) is 7.59. The Morgan fingerprint density at radius 2 is 1.30 bits per heavy atom. The van der Waals surface area contributed by atoms with Gasteiger partial charge in [-0.05, 0) is 116 Å². The van der Waals surface area contributed by atoms with Gasteiger partial charge in [-0.2, -0.15) is 0 Å². The fraction of sp³-hybridized carbons (Fsp3) is 0.0980. The van der Waals surface area contributed by atoms with Crippen LogP contribution in [0.25, 0.3) is 60.2 Å². The first-order chi connectivity index (χ1) is 26.0. The molecule has 1 unspecified atom stereocenters. The Kier molecular flexibility index (Phi) is 6.46. The number of benzene rings is 7. The summed E-state index contributed by atoms with van der Waals surface area (Å²) in [6.45, 7) is 4.79. The van der Waals surface area contributed by atoms with Gasteiger partial charge in [0.15, 0.2) is 0 Å². The van der Waals surface area contributed by atoms with Gasteiger partial charge < -0.3 is 9.47 Å². The maximum absolute atomic E-state index is 2.53. The summed E-state index contributed by atoms with van der Waals surface area (Å²) >= 11 is 0. The standard InChI is InChI=1S/C51H38N2/c1-51(2)46-17-9-10-18-49(46)53-48-26-25-43(32-44(48)45-30-40(31-47(51)50(45)53)39-20-19-33-11-3-6-14-36(33)27-39)52(41-23-21-34-12-4-7-15-37(34)28-41)42-24-22-35-13-5-8-16-38(35)29-42/h3-28,30-32,38H,29H2,1-2H3. The highest BCUT2D eigenvalue weighted by Crippen LogP contribution is 2.50. The van der Waals surface area contributed by atoms with Crippen molar-refractivity contribution in [3.8, 4) is 16.8 Å². The van der Waals surface area contributed by atoms with E-state index in [0.29, 0.717) is 5.92 Å². The normalized spacial score (nSPS) is 16.8. The molecule has 2 heterocycles. The average molecular weight is 679 g/mol. The van der Waals surface area contributed by atoms with Crippen LogP contribution in [0.2, 0.25) is 0 Å². The van der Waals surface area contributed by atoms with Crippen LogP contribution in [0.4, 0.5) is 11.4 Å². The first kappa shape index (κ1) is 30.3. The van der Waals surface area contributed by atoms with E-state index in [4.69, 9.17) is 0 Å². The van der Waals surface area contributed by atoms with Crippen molar-refractivity contribution < 1.29 is 0 Å². The van der Waals surface area contributed by atoms with E-state index in [1.807, 2.05) is 0 Å². The highest BCUT2D eigenvalue weighted by atomic mass is 15.2. The Morgan fingerprint density at radius 3 is 2.15 bits per heavy atom. The fourth-order valence-electron chi connectivity index (χ4n) is 9.29. The molecule has 11 rings (SSSR count). The van der Waals surface area contributed by atoms with Crippen molar-refractivity contribution in [2.75, 3.05) is 4.90 Å². The number of allylic oxidation sites excluding steroid dienone is 8. The van der Waals surface area contributed by atoms with Gasteiger partial charge in [-0.15, -0.1) is 0 Å². The van der Waals surface area contributed by atoms with Crippen molar-refractivity contribution in [3.05, 3.63) is 198 Å². The predicted molar refractivity (Wildman–Crippen MR) is 224 cm³/mol. The van der Waals surface area contributed by atoms with Crippen molar-refractivity contribution in [1.82, 2.24) is 4.57 Å². The number of anilines is 2. The first-order valence-corrected chi connectivity index (χ1v) is 18.8. The Hall–Kier alpha value is -6.38. The van der Waals surface area contributed by atoms with Gasteiger partial charge in [0.25, 0.3) is 0 Å². The third kappa shape index (κ3) is 4.58. The van der Waals surface area contributed by atoms with Crippen molar-refractivity contribution in [2.24, 2.45) is 5.92 Å². The van der Waals surface area contributed by atoms with Gasteiger partial charge >= 0.3 is 0 Å². The SMILES string of the molecule is CC1(C)c2ccccc2-n2c3ccc(N(C4=CC=C5C=CC=CC5C4)c4ccc5ccccc5c4)cc3c3cc(-c4ccc5ccccc5c4)cc1c32. The molecule has 7 aromatic carbocycles. The summed E-state index contributed by atoms with van der Waals surface area (Å²) in [5.74, 6) is 0.369. The van der Waals surface area contributed by atoms with Crippen LogP contribution in [0.3, 0.4) is 0 Å². The number of nitrogens with zero attached hydrogens (tertiary/aromatic N) is 2. The molecular weight excluding hydrogens is 641 g/mol. The largest absolute Gasteiger partial charge is 0.314 e. The molecule has 0 saturated carbocycles. The molecule has 1 aromatic heterocycles. The van der Waals surface area contributed by atoms with E-state index in [9.17, 15) is 0 Å². The first-order valence-electron chi connectivity index (χ1n) is 18.8. The zero-order valence-corrected chi connectivity index (χ0v) is 29.9. The molecule has 3 aliphatic rings. The van der Waals surface area contributed by atoms with Gasteiger partial charge in [-0.25, -0.2) is 0 Å². The van der Waals surface area contributed by atoms with E-state index in [1.165, 1.54) is 93.9 Å². The van der Waals surface area contributed by atoms with Gasteiger partial charge in [0.05, 0.1) is 16.7 Å². The van der Waals surface area contributed by atoms with Crippen LogP contribution in [0.15, 0.2) is 187 Å². The third-order valence-electron chi connectivity index (χ3n) is 12.0. The minimum Gasteiger partial charge on any atom is -0.314 e. The molecule has 2 heteroatoms. The second-order valence-electron chi connectivity index (χ2n) is 15.4. The maximum atomic E-state index is 2.53. The van der Waals surface area contributed by atoms with Gasteiger partial charge in [0.1, 0.15) is 0 Å². The second-order valence-corrected chi connectivity index (χ2v) is 15.4. The number of para-hydroxylation sites is 1. The van der Waals surface area contributed by atoms with Crippen LogP contribution in [0.5, 0.6) is 0 Å². The molecular formula is C51H38N2. The minimum atomic E-state index is -0.176. The predicted octanol–water partition coefficient (Wildman–Crippen LogP) is 13.5. The van der Waals surface area contributed by atoms with Crippen molar-refractivity contribution >= 4 is 54.7 Å². The summed E-state index contributed by atoms with van der Waals surface area (Å²) in [6.07, 6.45) is 14.5. The fourth-order valence-corrected chi connectivity index (χ4v) is 9.29. The van der Waals surface area contributed by atoms with Gasteiger partial charge in [0, 0.05) is 39.2 Å². The lowest BCUT2D eigenvalue weighted by Crippen LogP contribution is -2.26. The molecule has 1 aliphatic heterocycles. The average Bonchev–Trinajstić information content (AvgIpc) is 3.53. The number of hydrogen-bond donors (Lipinski definition) is 0. The van der Waals surface area contributed by atoms with E-state index in [1.54, 1.807) is 0 Å². The summed E-state index contributed by atoms with van der Waals surface area (Å²) in [5.41, 5.74) is 13.9. The topological polar surface area (TPSA) is 8.17 Å². The molecule has 53 heavy (non-hydrogen) atoms. The van der Waals surface area contributed by atoms with E-state index in [2.05, 4.69) is 199 Å². The summed E-state index contributed by atoms with van der Waals surface area (Å²) in [6, 6.07) is 52.2. The Labute approximate surface area is 309 Å². The van der Waals surface area contributed by atoms with Crippen molar-refractivity contribution in [3.63, 3.8) is 0 Å². The second kappa shape index (κ2) is 11.3. The number of hydrogen-bond acceptors (Lipinski definition) is 1. The lowest BCUT2D eigenvalue weighted by Gasteiger charge is -2.35. The number of fused-ring (bicyclic) bond motifs is 8. The van der Waals surface area contributed by atoms with Gasteiger partial charge in [0.2, 0.25) is 0 Å². The van der Waals surface area contributed by atoms with Crippen molar-refractivity contribution in [2.45, 2.75) is 25.7 Å². The Balaban J connectivity index is 1.18. The van der Waals surface area contributed by atoms with Crippen LogP contribution >= 0.6 is 0 Å². The van der Waals surface area contributed by atoms with Gasteiger partial charge in [-0.1, -0.05) is 129 Å². The van der Waals surface area contributed by atoms with E-state index in [-0.39, 0.29) is 5.41 Å². The lowest BCUT2D eigenvalue weighted by molar-refractivity contribution is 0.630. The van der Waals surface area contributed by atoms with Crippen LogP contribution in [0.1, 0.15) is 31.4 Å². The molecule has 2 nitrogen and oxygen atoms in total. The highest BCUT2D eigenvalue weighted by Gasteiger charge is 2.36. The Bertz CT molecular complexity index is 2960. The smallest absolute Gasteiger partial charge is 0.0582 e. The van der Waals surface area contributed by atoms with Crippen LogP contribution < -0.4 is 4.90 Å². The maximum Gasteiger partial charge on any atom is 0.0582 e. The molecule has 0 radical (unpaired) electrons. The monoisotopic (exact) mass is 678 g/mol. The van der Waals surface area contributed by atoms with E-state index in [0.717, 1.165) is 6.42 Å². The highest BCUT2D eigenvalue weighted by molar-refractivity contribution is 6.14. The molecule has 0 amide bonds. The minimum absolute atomic E-state index is 0.176. The number of rotatable bonds is 4. The summed E-state index contributed by atoms with van der Waals surface area (Å²) in [4.78, 5) is 2.50. The zero-order valence-electron chi connectivity index (χ0n) is 29.9. The van der Waals surface area contributed by atoms with Crippen LogP contribution in [-0.2, 0) is 5.41 Å². The molecule has 0 fully saturated rings. The zero-order chi connectivity index (χ0) is 35.3. The lowest BCUT2D eigenvalue weighted by atomic mass is 9.74. The molecule has 0 bridgehead atoms. The molecule has 1 atom stereocenters. The third-order valence-corrected chi connectivity index (χ3v) is 12.0. The quantitative estimate of drug-likeness (QED) is 0.180. The Morgan fingerprint density at radius 1 is 0.585 bits per heavy atom. The molecule has 252 valence electrons. The molecule has 0 spiro atoms. The summed E-state index contributed by atoms with van der Waals surface area (Å²) in [7, 11) is 0. The molecule has 0 N–H and O–H groups in total. The van der Waals surface area contributed by atoms with Gasteiger partial charge in [-0.3, -0.25) is 0 Å². The molecule has 0 saturated heterocycles. The van der Waals surface area contributed by atoms with Crippen molar-refractivity contribution in [1.29, 1.82) is 0 Å². The van der Waals surface area contributed by atoms with E-state index < -0.39 is 0 Å².